The van der Waals surface area contributed by atoms with Crippen molar-refractivity contribution in [2.75, 3.05) is 20.3 Å². The number of hydrogen-bond donors (Lipinski definition) is 3. The molecular formula is C14H19N3O3. The highest BCUT2D eigenvalue weighted by Crippen LogP contribution is 2.21. The predicted molar refractivity (Wildman–Crippen MR) is 75.8 cm³/mol. The van der Waals surface area contributed by atoms with Gasteiger partial charge in [-0.3, -0.25) is 9.89 Å². The van der Waals surface area contributed by atoms with E-state index < -0.39 is 0 Å². The topological polar surface area (TPSA) is 87.2 Å². The van der Waals surface area contributed by atoms with Gasteiger partial charge in [0.25, 0.3) is 5.91 Å². The van der Waals surface area contributed by atoms with Crippen molar-refractivity contribution in [2.24, 2.45) is 5.41 Å². The fourth-order valence-electron chi connectivity index (χ4n) is 1.76. The number of fused-ring (bicyclic) bond motifs is 1. The lowest BCUT2D eigenvalue weighted by Crippen LogP contribution is -2.36. The third-order valence-electron chi connectivity index (χ3n) is 3.14. The molecule has 0 bridgehead atoms. The van der Waals surface area contributed by atoms with Gasteiger partial charge in [0.05, 0.1) is 12.6 Å². The van der Waals surface area contributed by atoms with Crippen molar-refractivity contribution in [1.29, 1.82) is 0 Å². The zero-order chi connectivity index (χ0) is 14.8. The Morgan fingerprint density at radius 2 is 2.25 bits per heavy atom. The number of nitrogens with one attached hydrogen (secondary N) is 2. The Morgan fingerprint density at radius 3 is 2.90 bits per heavy atom. The number of H-pyrrole nitrogens is 1. The Hall–Kier alpha value is -2.08. The van der Waals surface area contributed by atoms with Gasteiger partial charge in [0.15, 0.2) is 5.69 Å². The lowest BCUT2D eigenvalue weighted by molar-refractivity contribution is 0.0907. The van der Waals surface area contributed by atoms with Crippen molar-refractivity contribution in [1.82, 2.24) is 15.5 Å². The summed E-state index contributed by atoms with van der Waals surface area (Å²) in [5.41, 5.74) is 0.734. The average Bonchev–Trinajstić information content (AvgIpc) is 2.87. The minimum Gasteiger partial charge on any atom is -0.497 e. The summed E-state index contributed by atoms with van der Waals surface area (Å²) in [5.74, 6) is 0.442. The van der Waals surface area contributed by atoms with Crippen molar-refractivity contribution in [2.45, 2.75) is 13.8 Å². The Balaban J connectivity index is 2.18. The number of aliphatic hydroxyl groups is 1. The minimum atomic E-state index is -0.356. The molecule has 1 aromatic carbocycles. The number of aromatic amines is 1. The molecular weight excluding hydrogens is 258 g/mol. The third-order valence-corrected chi connectivity index (χ3v) is 3.14. The van der Waals surface area contributed by atoms with Gasteiger partial charge in [-0.1, -0.05) is 13.8 Å². The number of amides is 1. The van der Waals surface area contributed by atoms with Crippen LogP contribution in [0, 0.1) is 5.41 Å². The molecule has 6 heteroatoms. The fraction of sp³-hybridized carbons (Fsp3) is 0.429. The van der Waals surface area contributed by atoms with Gasteiger partial charge in [0, 0.05) is 30.0 Å². The molecule has 0 aliphatic rings. The summed E-state index contributed by atoms with van der Waals surface area (Å²) >= 11 is 0. The number of carbonyl (C=O) groups excluding carboxylic acids is 1. The average molecular weight is 277 g/mol. The van der Waals surface area contributed by atoms with Gasteiger partial charge in [0.1, 0.15) is 5.75 Å². The van der Waals surface area contributed by atoms with Gasteiger partial charge < -0.3 is 15.2 Å². The maximum Gasteiger partial charge on any atom is 0.272 e. The summed E-state index contributed by atoms with van der Waals surface area (Å²) in [6, 6.07) is 5.37. The molecule has 0 saturated carbocycles. The molecule has 2 rings (SSSR count). The zero-order valence-electron chi connectivity index (χ0n) is 11.9. The monoisotopic (exact) mass is 277 g/mol. The molecule has 1 amide bonds. The maximum absolute atomic E-state index is 12.1. The van der Waals surface area contributed by atoms with Gasteiger partial charge in [-0.15, -0.1) is 0 Å². The van der Waals surface area contributed by atoms with Crippen molar-refractivity contribution in [3.05, 3.63) is 23.9 Å². The van der Waals surface area contributed by atoms with Crippen LogP contribution in [0.5, 0.6) is 5.75 Å². The molecule has 0 spiro atoms. The normalized spacial score (nSPS) is 11.6. The summed E-state index contributed by atoms with van der Waals surface area (Å²) in [5, 5.41) is 19.6. The highest BCUT2D eigenvalue weighted by molar-refractivity contribution is 6.04. The molecule has 0 unspecified atom stereocenters. The van der Waals surface area contributed by atoms with E-state index in [2.05, 4.69) is 15.5 Å². The smallest absolute Gasteiger partial charge is 0.272 e. The highest BCUT2D eigenvalue weighted by atomic mass is 16.5. The summed E-state index contributed by atoms with van der Waals surface area (Å²) in [6.07, 6.45) is 0. The van der Waals surface area contributed by atoms with Crippen LogP contribution in [0.1, 0.15) is 24.3 Å². The molecule has 0 aliphatic heterocycles. The summed E-state index contributed by atoms with van der Waals surface area (Å²) in [7, 11) is 1.59. The van der Waals surface area contributed by atoms with Gasteiger partial charge in [-0.25, -0.2) is 0 Å². The Labute approximate surface area is 117 Å². The first-order valence-corrected chi connectivity index (χ1v) is 6.38. The number of benzene rings is 1. The Bertz CT molecular complexity index is 619. The maximum atomic E-state index is 12.1. The van der Waals surface area contributed by atoms with Crippen LogP contribution in [-0.4, -0.2) is 41.5 Å². The van der Waals surface area contributed by atoms with E-state index >= 15 is 0 Å². The molecule has 0 fully saturated rings. The molecule has 1 heterocycles. The standard InChI is InChI=1S/C14H19N3O3/c1-14(2,8-18)7-15-13(19)12-10-5-4-9(20-3)6-11(10)16-17-12/h4-6,18H,7-8H2,1-3H3,(H,15,19)(H,16,17). The third kappa shape index (κ3) is 2.91. The summed E-state index contributed by atoms with van der Waals surface area (Å²) in [4.78, 5) is 12.1. The van der Waals surface area contributed by atoms with E-state index in [1.54, 1.807) is 25.3 Å². The van der Waals surface area contributed by atoms with Crippen LogP contribution < -0.4 is 10.1 Å². The van der Waals surface area contributed by atoms with Crippen LogP contribution in [0.2, 0.25) is 0 Å². The second-order valence-electron chi connectivity index (χ2n) is 5.49. The molecule has 3 N–H and O–H groups in total. The predicted octanol–water partition coefficient (Wildman–Crippen LogP) is 1.32. The second-order valence-corrected chi connectivity index (χ2v) is 5.49. The van der Waals surface area contributed by atoms with E-state index in [0.29, 0.717) is 18.0 Å². The first-order chi connectivity index (χ1) is 9.46. The van der Waals surface area contributed by atoms with Gasteiger partial charge in [-0.05, 0) is 12.1 Å². The van der Waals surface area contributed by atoms with Crippen molar-refractivity contribution in [3.8, 4) is 5.75 Å². The van der Waals surface area contributed by atoms with Crippen LogP contribution in [0.3, 0.4) is 0 Å². The zero-order valence-corrected chi connectivity index (χ0v) is 11.9. The van der Waals surface area contributed by atoms with Gasteiger partial charge in [0.2, 0.25) is 0 Å². The fourth-order valence-corrected chi connectivity index (χ4v) is 1.76. The molecule has 2 aromatic rings. The lowest BCUT2D eigenvalue weighted by Gasteiger charge is -2.21. The Kier molecular flexibility index (Phi) is 3.94. The number of carbonyl (C=O) groups is 1. The van der Waals surface area contributed by atoms with Crippen LogP contribution in [0.25, 0.3) is 10.9 Å². The number of aromatic nitrogens is 2. The molecule has 108 valence electrons. The highest BCUT2D eigenvalue weighted by Gasteiger charge is 2.20. The van der Waals surface area contributed by atoms with Crippen LogP contribution >= 0.6 is 0 Å². The molecule has 0 radical (unpaired) electrons. The number of ether oxygens (including phenoxy) is 1. The van der Waals surface area contributed by atoms with Gasteiger partial charge >= 0.3 is 0 Å². The first kappa shape index (κ1) is 14.3. The van der Waals surface area contributed by atoms with E-state index in [4.69, 9.17) is 4.74 Å². The van der Waals surface area contributed by atoms with E-state index in [9.17, 15) is 9.90 Å². The number of rotatable bonds is 5. The van der Waals surface area contributed by atoms with Crippen LogP contribution in [-0.2, 0) is 0 Å². The van der Waals surface area contributed by atoms with Crippen LogP contribution in [0.15, 0.2) is 18.2 Å². The molecule has 0 aliphatic carbocycles. The number of hydrogen-bond acceptors (Lipinski definition) is 4. The minimum absolute atomic E-state index is 0.00575. The lowest BCUT2D eigenvalue weighted by atomic mass is 9.95. The van der Waals surface area contributed by atoms with Gasteiger partial charge in [-0.2, -0.15) is 5.10 Å². The quantitative estimate of drug-likeness (QED) is 0.769. The molecule has 20 heavy (non-hydrogen) atoms. The van der Waals surface area contributed by atoms with Crippen molar-refractivity contribution >= 4 is 16.8 Å². The van der Waals surface area contributed by atoms with Crippen molar-refractivity contribution < 1.29 is 14.6 Å². The largest absolute Gasteiger partial charge is 0.497 e. The number of nitrogens with zero attached hydrogens (tertiary/aromatic N) is 1. The Morgan fingerprint density at radius 1 is 1.50 bits per heavy atom. The summed E-state index contributed by atoms with van der Waals surface area (Å²) in [6.45, 7) is 4.14. The molecule has 0 saturated heterocycles. The van der Waals surface area contributed by atoms with E-state index in [0.717, 1.165) is 10.9 Å². The molecule has 0 atom stereocenters. The number of methoxy groups -OCH3 is 1. The molecule has 6 nitrogen and oxygen atoms in total. The van der Waals surface area contributed by atoms with E-state index in [1.165, 1.54) is 0 Å². The van der Waals surface area contributed by atoms with Crippen molar-refractivity contribution in [3.63, 3.8) is 0 Å². The summed E-state index contributed by atoms with van der Waals surface area (Å²) < 4.78 is 5.12. The SMILES string of the molecule is COc1ccc2c(C(=O)NCC(C)(C)CO)n[nH]c2c1. The van der Waals surface area contributed by atoms with E-state index in [-0.39, 0.29) is 17.9 Å². The van der Waals surface area contributed by atoms with E-state index in [1.807, 2.05) is 13.8 Å². The number of aliphatic hydroxyl groups excluding tert-OH is 1. The first-order valence-electron chi connectivity index (χ1n) is 6.38. The van der Waals surface area contributed by atoms with Crippen LogP contribution in [0.4, 0.5) is 0 Å². The molecule has 1 aromatic heterocycles. The second kappa shape index (κ2) is 5.50.